The zero-order valence-corrected chi connectivity index (χ0v) is 6.66. The molecule has 1 fully saturated rings. The van der Waals surface area contributed by atoms with Gasteiger partial charge in [0.15, 0.2) is 5.94 Å². The second-order valence-corrected chi connectivity index (χ2v) is 2.80. The Labute approximate surface area is 68.6 Å². The van der Waals surface area contributed by atoms with Crippen LogP contribution in [0.1, 0.15) is 13.8 Å². The van der Waals surface area contributed by atoms with Gasteiger partial charge in [-0.15, -0.1) is 0 Å². The summed E-state index contributed by atoms with van der Waals surface area (Å²) in [6, 6.07) is 0. The molecular formula is C7H8O5. The van der Waals surface area contributed by atoms with E-state index in [1.54, 1.807) is 0 Å². The van der Waals surface area contributed by atoms with Gasteiger partial charge >= 0.3 is 5.97 Å². The van der Waals surface area contributed by atoms with Crippen molar-refractivity contribution < 1.29 is 24.2 Å². The molecule has 0 aromatic rings. The first kappa shape index (κ1) is 8.77. The molecule has 0 aromatic heterocycles. The molecule has 66 valence electrons. The van der Waals surface area contributed by atoms with E-state index in [4.69, 9.17) is 14.6 Å². The second-order valence-electron chi connectivity index (χ2n) is 2.80. The highest BCUT2D eigenvalue weighted by atomic mass is 16.8. The molecule has 5 heteroatoms. The highest BCUT2D eigenvalue weighted by Gasteiger charge is 2.43. The molecule has 1 heterocycles. The van der Waals surface area contributed by atoms with Crippen LogP contribution >= 0.6 is 0 Å². The highest BCUT2D eigenvalue weighted by Crippen LogP contribution is 2.29. The summed E-state index contributed by atoms with van der Waals surface area (Å²) in [6.07, 6.45) is -1.32. The average molecular weight is 172 g/mol. The van der Waals surface area contributed by atoms with Crippen molar-refractivity contribution in [2.45, 2.75) is 25.7 Å². The molecular weight excluding hydrogens is 164 g/mol. The van der Waals surface area contributed by atoms with Crippen LogP contribution in [-0.2, 0) is 19.1 Å². The van der Waals surface area contributed by atoms with Crippen molar-refractivity contribution in [3.8, 4) is 0 Å². The lowest BCUT2D eigenvalue weighted by Crippen LogP contribution is -2.26. The van der Waals surface area contributed by atoms with Crippen molar-refractivity contribution in [3.63, 3.8) is 0 Å². The lowest BCUT2D eigenvalue weighted by molar-refractivity contribution is -0.164. The molecule has 1 atom stereocenters. The molecule has 1 rings (SSSR count). The Kier molecular flexibility index (Phi) is 1.92. The van der Waals surface area contributed by atoms with E-state index in [1.165, 1.54) is 19.8 Å². The van der Waals surface area contributed by atoms with Crippen molar-refractivity contribution in [2.75, 3.05) is 0 Å². The van der Waals surface area contributed by atoms with E-state index in [2.05, 4.69) is 0 Å². The first-order valence-electron chi connectivity index (χ1n) is 3.31. The molecule has 5 nitrogen and oxygen atoms in total. The minimum absolute atomic E-state index is 0.312. The fraction of sp³-hybridized carbons (Fsp3) is 0.571. The van der Waals surface area contributed by atoms with Crippen molar-refractivity contribution >= 4 is 11.9 Å². The van der Waals surface area contributed by atoms with Crippen LogP contribution in [0, 0.1) is 0 Å². The van der Waals surface area contributed by atoms with Gasteiger partial charge in [-0.25, -0.2) is 9.59 Å². The van der Waals surface area contributed by atoms with Crippen molar-refractivity contribution in [1.82, 2.24) is 0 Å². The molecule has 0 aromatic carbocycles. The number of carboxylic acids is 1. The number of hydrogen-bond donors (Lipinski definition) is 1. The SMILES string of the molecule is CC1(C)OC(=C=O)C(C(=O)O)O1. The molecule has 1 N–H and O–H groups in total. The molecule has 1 aliphatic rings. The Morgan fingerprint density at radius 1 is 1.67 bits per heavy atom. The van der Waals surface area contributed by atoms with E-state index in [1.807, 2.05) is 0 Å². The van der Waals surface area contributed by atoms with E-state index in [0.29, 0.717) is 0 Å². The first-order chi connectivity index (χ1) is 5.46. The van der Waals surface area contributed by atoms with Crippen molar-refractivity contribution in [2.24, 2.45) is 0 Å². The summed E-state index contributed by atoms with van der Waals surface area (Å²) in [7, 11) is 0. The predicted molar refractivity (Wildman–Crippen MR) is 36.9 cm³/mol. The zero-order valence-electron chi connectivity index (χ0n) is 6.66. The Bertz CT molecular complexity index is 261. The number of ether oxygens (including phenoxy) is 2. The minimum Gasteiger partial charge on any atom is -0.479 e. The van der Waals surface area contributed by atoms with Crippen molar-refractivity contribution in [1.29, 1.82) is 0 Å². The summed E-state index contributed by atoms with van der Waals surface area (Å²) in [6.45, 7) is 3.04. The normalized spacial score (nSPS) is 26.2. The predicted octanol–water partition coefficient (Wildman–Crippen LogP) is -0.0620. The molecule has 0 aliphatic carbocycles. The third-order valence-electron chi connectivity index (χ3n) is 1.32. The molecule has 0 spiro atoms. The summed E-state index contributed by atoms with van der Waals surface area (Å²) < 4.78 is 9.75. The number of aliphatic carboxylic acids is 1. The van der Waals surface area contributed by atoms with Crippen molar-refractivity contribution in [3.05, 3.63) is 5.76 Å². The van der Waals surface area contributed by atoms with E-state index >= 15 is 0 Å². The number of rotatable bonds is 1. The van der Waals surface area contributed by atoms with Crippen LogP contribution in [0.5, 0.6) is 0 Å². The Morgan fingerprint density at radius 3 is 2.58 bits per heavy atom. The molecule has 1 unspecified atom stereocenters. The van der Waals surface area contributed by atoms with Gasteiger partial charge in [-0.3, -0.25) is 0 Å². The van der Waals surface area contributed by atoms with Crippen LogP contribution in [0.15, 0.2) is 5.76 Å². The molecule has 12 heavy (non-hydrogen) atoms. The van der Waals surface area contributed by atoms with Crippen LogP contribution in [-0.4, -0.2) is 28.9 Å². The summed E-state index contributed by atoms with van der Waals surface area (Å²) in [5, 5.41) is 8.54. The van der Waals surface area contributed by atoms with Gasteiger partial charge in [0.05, 0.1) is 0 Å². The van der Waals surface area contributed by atoms with Gasteiger partial charge in [-0.1, -0.05) is 0 Å². The quantitative estimate of drug-likeness (QED) is 0.561. The fourth-order valence-electron chi connectivity index (χ4n) is 0.917. The van der Waals surface area contributed by atoms with Gasteiger partial charge in [0.25, 0.3) is 0 Å². The Balaban J connectivity index is 2.92. The molecule has 0 amide bonds. The van der Waals surface area contributed by atoms with Crippen LogP contribution in [0.25, 0.3) is 0 Å². The Hall–Kier alpha value is -1.32. The summed E-state index contributed by atoms with van der Waals surface area (Å²) in [5.74, 6) is -1.23. The van der Waals surface area contributed by atoms with Gasteiger partial charge in [-0.2, -0.15) is 0 Å². The Morgan fingerprint density at radius 2 is 2.25 bits per heavy atom. The highest BCUT2D eigenvalue weighted by molar-refractivity contribution is 5.79. The molecule has 0 radical (unpaired) electrons. The summed E-state index contributed by atoms with van der Waals surface area (Å²) >= 11 is 0. The first-order valence-corrected chi connectivity index (χ1v) is 3.31. The van der Waals surface area contributed by atoms with E-state index in [-0.39, 0.29) is 5.76 Å². The average Bonchev–Trinajstić information content (AvgIpc) is 2.25. The maximum absolute atomic E-state index is 10.5. The van der Waals surface area contributed by atoms with E-state index in [0.717, 1.165) is 0 Å². The molecule has 0 bridgehead atoms. The van der Waals surface area contributed by atoms with Gasteiger partial charge in [0.2, 0.25) is 17.7 Å². The number of carbonyl (C=O) groups is 1. The lowest BCUT2D eigenvalue weighted by atomic mass is 10.3. The topological polar surface area (TPSA) is 72.8 Å². The lowest BCUT2D eigenvalue weighted by Gasteiger charge is -2.14. The van der Waals surface area contributed by atoms with E-state index in [9.17, 15) is 9.59 Å². The zero-order chi connectivity index (χ0) is 9.35. The van der Waals surface area contributed by atoms with Gasteiger partial charge in [0.1, 0.15) is 0 Å². The fourth-order valence-corrected chi connectivity index (χ4v) is 0.917. The number of carboxylic acid groups (broad SMARTS) is 1. The van der Waals surface area contributed by atoms with Crippen LogP contribution in [0.2, 0.25) is 0 Å². The number of carbonyl (C=O) groups excluding carboxylic acids is 1. The summed E-state index contributed by atoms with van der Waals surface area (Å²) in [4.78, 5) is 20.6. The van der Waals surface area contributed by atoms with Crippen LogP contribution in [0.3, 0.4) is 0 Å². The molecule has 1 saturated heterocycles. The largest absolute Gasteiger partial charge is 0.479 e. The molecule has 1 aliphatic heterocycles. The van der Waals surface area contributed by atoms with Gasteiger partial charge in [0, 0.05) is 13.8 Å². The van der Waals surface area contributed by atoms with Crippen LogP contribution < -0.4 is 0 Å². The van der Waals surface area contributed by atoms with Crippen LogP contribution in [0.4, 0.5) is 0 Å². The molecule has 0 saturated carbocycles. The monoisotopic (exact) mass is 172 g/mol. The smallest absolute Gasteiger partial charge is 0.341 e. The van der Waals surface area contributed by atoms with Gasteiger partial charge in [-0.05, 0) is 0 Å². The maximum Gasteiger partial charge on any atom is 0.341 e. The second kappa shape index (κ2) is 2.62. The van der Waals surface area contributed by atoms with E-state index < -0.39 is 17.9 Å². The number of hydrogen-bond acceptors (Lipinski definition) is 4. The third-order valence-corrected chi connectivity index (χ3v) is 1.32. The van der Waals surface area contributed by atoms with Gasteiger partial charge < -0.3 is 14.6 Å². The standard InChI is InChI=1S/C7H8O5/c1-7(2)11-4(3-8)5(12-7)6(9)10/h5H,1-2H3,(H,9,10). The third kappa shape index (κ3) is 1.47. The maximum atomic E-state index is 10.5. The summed E-state index contributed by atoms with van der Waals surface area (Å²) in [5.41, 5.74) is 0. The minimum atomic E-state index is -1.32.